The predicted molar refractivity (Wildman–Crippen MR) is 78.5 cm³/mol. The Bertz CT molecular complexity index is 778. The van der Waals surface area contributed by atoms with Crippen molar-refractivity contribution < 1.29 is 4.73 Å². The minimum absolute atomic E-state index is 0.0297. The highest BCUT2D eigenvalue weighted by Crippen LogP contribution is 2.24. The summed E-state index contributed by atoms with van der Waals surface area (Å²) in [6.45, 7) is 0. The van der Waals surface area contributed by atoms with Crippen LogP contribution in [0.15, 0.2) is 42.5 Å². The van der Waals surface area contributed by atoms with Crippen LogP contribution in [0.3, 0.4) is 0 Å². The number of nitrogens with zero attached hydrogens (tertiary/aromatic N) is 3. The van der Waals surface area contributed by atoms with E-state index in [0.29, 0.717) is 26.6 Å². The Morgan fingerprint density at radius 3 is 2.50 bits per heavy atom. The molecule has 0 saturated heterocycles. The molecule has 2 aromatic heterocycles. The molecule has 4 nitrogen and oxygen atoms in total. The van der Waals surface area contributed by atoms with Gasteiger partial charge in [-0.25, -0.2) is 9.71 Å². The predicted octanol–water partition coefficient (Wildman–Crippen LogP) is 3.32. The minimum Gasteiger partial charge on any atom is -0.710 e. The van der Waals surface area contributed by atoms with Gasteiger partial charge in [-0.3, -0.25) is 0 Å². The Labute approximate surface area is 125 Å². The van der Waals surface area contributed by atoms with E-state index < -0.39 is 0 Å². The normalized spacial score (nSPS) is 10.9. The summed E-state index contributed by atoms with van der Waals surface area (Å²) in [4.78, 5) is 8.45. The van der Waals surface area contributed by atoms with Gasteiger partial charge >= 0.3 is 5.82 Å². The monoisotopic (exact) mass is 305 g/mol. The Balaban J connectivity index is 2.43. The molecule has 0 aliphatic rings. The minimum atomic E-state index is 0.0297. The summed E-state index contributed by atoms with van der Waals surface area (Å²) in [7, 11) is 0. The highest BCUT2D eigenvalue weighted by molar-refractivity contribution is 6.29. The lowest BCUT2D eigenvalue weighted by Crippen LogP contribution is -2.36. The van der Waals surface area contributed by atoms with Crippen LogP contribution >= 0.6 is 23.2 Å². The molecule has 3 aromatic rings. The Morgan fingerprint density at radius 2 is 1.80 bits per heavy atom. The van der Waals surface area contributed by atoms with Crippen LogP contribution < -0.4 is 4.73 Å². The first-order valence-electron chi connectivity index (χ1n) is 5.91. The van der Waals surface area contributed by atoms with Crippen LogP contribution in [0, 0.1) is 5.21 Å². The van der Waals surface area contributed by atoms with Crippen molar-refractivity contribution in [2.75, 3.05) is 0 Å². The number of hydrogen-bond acceptors (Lipinski definition) is 3. The third-order valence-electron chi connectivity index (χ3n) is 2.92. The van der Waals surface area contributed by atoms with E-state index in [1.54, 1.807) is 12.1 Å². The van der Waals surface area contributed by atoms with Gasteiger partial charge in [-0.05, 0) is 17.1 Å². The second-order valence-corrected chi connectivity index (χ2v) is 4.83. The summed E-state index contributed by atoms with van der Waals surface area (Å²) in [5, 5.41) is 12.7. The molecule has 0 amide bonds. The highest BCUT2D eigenvalue weighted by Gasteiger charge is 2.20. The van der Waals surface area contributed by atoms with E-state index in [9.17, 15) is 5.21 Å². The molecular formula is C14H9Cl2N3O. The number of halogens is 2. The highest BCUT2D eigenvalue weighted by atomic mass is 35.5. The van der Waals surface area contributed by atoms with Crippen LogP contribution in [-0.2, 0) is 5.88 Å². The number of aromatic nitrogens is 3. The second-order valence-electron chi connectivity index (χ2n) is 4.17. The van der Waals surface area contributed by atoms with Crippen molar-refractivity contribution in [2.45, 2.75) is 5.88 Å². The molecule has 0 spiro atoms. The smallest absolute Gasteiger partial charge is 0.317 e. The average Bonchev–Trinajstić information content (AvgIpc) is 2.47. The average molecular weight is 306 g/mol. The molecule has 0 radical (unpaired) electrons. The molecular weight excluding hydrogens is 297 g/mol. The van der Waals surface area contributed by atoms with Gasteiger partial charge in [-0.2, -0.15) is 0 Å². The Hall–Kier alpha value is -1.91. The van der Waals surface area contributed by atoms with Crippen LogP contribution in [0.2, 0.25) is 5.15 Å². The van der Waals surface area contributed by atoms with Crippen molar-refractivity contribution in [3.8, 4) is 11.3 Å². The van der Waals surface area contributed by atoms with Gasteiger partial charge in [0.15, 0.2) is 11.2 Å². The van der Waals surface area contributed by atoms with Crippen LogP contribution in [0.1, 0.15) is 5.82 Å². The fraction of sp³-hybridized carbons (Fsp3) is 0.0714. The molecule has 0 N–H and O–H groups in total. The number of pyridine rings is 1. The molecule has 20 heavy (non-hydrogen) atoms. The molecule has 0 aliphatic heterocycles. The summed E-state index contributed by atoms with van der Waals surface area (Å²) in [6.07, 6.45) is 0. The molecule has 0 atom stereocenters. The van der Waals surface area contributed by atoms with Crippen molar-refractivity contribution in [2.24, 2.45) is 0 Å². The quantitative estimate of drug-likeness (QED) is 0.316. The van der Waals surface area contributed by atoms with E-state index in [1.807, 2.05) is 30.3 Å². The maximum atomic E-state index is 12.4. The second kappa shape index (κ2) is 5.23. The van der Waals surface area contributed by atoms with Crippen LogP contribution in [0.5, 0.6) is 0 Å². The SMILES string of the molecule is [O-][n+]1c(CCl)nc2ccc(Cl)nc2c1-c1ccccc1. The standard InChI is InChI=1S/C14H9Cl2N3O/c15-8-12-17-10-6-7-11(16)18-13(10)14(19(12)20)9-4-2-1-3-5-9/h1-7H,8H2. The number of alkyl halides is 1. The first-order valence-corrected chi connectivity index (χ1v) is 6.82. The van der Waals surface area contributed by atoms with Gasteiger partial charge in [0.1, 0.15) is 11.0 Å². The third-order valence-corrected chi connectivity index (χ3v) is 3.37. The summed E-state index contributed by atoms with van der Waals surface area (Å²) in [5.41, 5.74) is 2.22. The maximum Gasteiger partial charge on any atom is 0.317 e. The summed E-state index contributed by atoms with van der Waals surface area (Å²) >= 11 is 11.7. The summed E-state index contributed by atoms with van der Waals surface area (Å²) < 4.78 is 0.716. The Kier molecular flexibility index (Phi) is 3.42. The molecule has 2 heterocycles. The molecule has 1 aromatic carbocycles. The zero-order valence-electron chi connectivity index (χ0n) is 10.3. The number of hydrogen-bond donors (Lipinski definition) is 0. The fourth-order valence-electron chi connectivity index (χ4n) is 2.04. The van der Waals surface area contributed by atoms with E-state index in [-0.39, 0.29) is 11.7 Å². The van der Waals surface area contributed by atoms with Crippen molar-refractivity contribution >= 4 is 34.2 Å². The van der Waals surface area contributed by atoms with Crippen molar-refractivity contribution in [3.63, 3.8) is 0 Å². The van der Waals surface area contributed by atoms with E-state index >= 15 is 0 Å². The van der Waals surface area contributed by atoms with Gasteiger partial charge in [-0.1, -0.05) is 41.9 Å². The van der Waals surface area contributed by atoms with Gasteiger partial charge in [0.25, 0.3) is 0 Å². The largest absolute Gasteiger partial charge is 0.710 e. The topological polar surface area (TPSA) is 52.7 Å². The van der Waals surface area contributed by atoms with E-state index in [0.717, 1.165) is 5.56 Å². The zero-order valence-corrected chi connectivity index (χ0v) is 11.8. The molecule has 100 valence electrons. The van der Waals surface area contributed by atoms with Crippen LogP contribution in [0.4, 0.5) is 0 Å². The van der Waals surface area contributed by atoms with Gasteiger partial charge in [0.05, 0.1) is 0 Å². The zero-order chi connectivity index (χ0) is 14.1. The third kappa shape index (κ3) is 2.17. The van der Waals surface area contributed by atoms with E-state index in [2.05, 4.69) is 9.97 Å². The molecule has 0 bridgehead atoms. The number of benzene rings is 1. The molecule has 0 saturated carbocycles. The van der Waals surface area contributed by atoms with Gasteiger partial charge in [0, 0.05) is 5.56 Å². The molecule has 0 fully saturated rings. The lowest BCUT2D eigenvalue weighted by atomic mass is 10.1. The van der Waals surface area contributed by atoms with E-state index in [4.69, 9.17) is 23.2 Å². The van der Waals surface area contributed by atoms with Crippen molar-refractivity contribution in [3.05, 3.63) is 58.6 Å². The molecule has 0 aliphatic carbocycles. The molecule has 6 heteroatoms. The van der Waals surface area contributed by atoms with Crippen LogP contribution in [-0.4, -0.2) is 9.97 Å². The van der Waals surface area contributed by atoms with Gasteiger partial charge in [-0.15, -0.1) is 11.6 Å². The van der Waals surface area contributed by atoms with Crippen molar-refractivity contribution in [1.29, 1.82) is 0 Å². The first-order chi connectivity index (χ1) is 9.70. The lowest BCUT2D eigenvalue weighted by molar-refractivity contribution is -0.603. The number of rotatable bonds is 2. The lowest BCUT2D eigenvalue weighted by Gasteiger charge is -2.12. The fourth-order valence-corrected chi connectivity index (χ4v) is 2.35. The summed E-state index contributed by atoms with van der Waals surface area (Å²) in [6, 6.07) is 12.6. The molecule has 0 unspecified atom stereocenters. The molecule has 3 rings (SSSR count). The van der Waals surface area contributed by atoms with Crippen molar-refractivity contribution in [1.82, 2.24) is 9.97 Å². The van der Waals surface area contributed by atoms with Gasteiger partial charge in [0.2, 0.25) is 5.52 Å². The van der Waals surface area contributed by atoms with Crippen LogP contribution in [0.25, 0.3) is 22.3 Å². The maximum absolute atomic E-state index is 12.4. The van der Waals surface area contributed by atoms with E-state index in [1.165, 1.54) is 0 Å². The first kappa shape index (κ1) is 13.1. The summed E-state index contributed by atoms with van der Waals surface area (Å²) in [5.74, 6) is 0.268. The number of fused-ring (bicyclic) bond motifs is 1. The Morgan fingerprint density at radius 1 is 1.05 bits per heavy atom. The van der Waals surface area contributed by atoms with Gasteiger partial charge < -0.3 is 5.21 Å².